The zero-order valence-corrected chi connectivity index (χ0v) is 12.1. The molecule has 20 heavy (non-hydrogen) atoms. The van der Waals surface area contributed by atoms with Gasteiger partial charge in [-0.05, 0) is 19.8 Å². The highest BCUT2D eigenvalue weighted by atomic mass is 16.5. The first-order valence-electron chi connectivity index (χ1n) is 7.06. The second-order valence-electron chi connectivity index (χ2n) is 5.38. The Bertz CT molecular complexity index is 470. The predicted molar refractivity (Wildman–Crippen MR) is 75.8 cm³/mol. The van der Waals surface area contributed by atoms with Crippen molar-refractivity contribution in [3.8, 4) is 5.75 Å². The molecule has 0 aliphatic heterocycles. The standard InChI is InChI=1S/C15H22N2O3/c1-11-7-14(20-2)8-12(16-11)9-17(10-15(18)19)13-5-3-4-6-13/h7-8,13H,3-6,9-10H2,1-2H3,(H,18,19). The van der Waals surface area contributed by atoms with Crippen molar-refractivity contribution in [3.63, 3.8) is 0 Å². The molecule has 1 aliphatic rings. The van der Waals surface area contributed by atoms with E-state index in [0.29, 0.717) is 12.6 Å². The molecule has 0 unspecified atom stereocenters. The molecule has 0 amide bonds. The van der Waals surface area contributed by atoms with Gasteiger partial charge >= 0.3 is 5.97 Å². The Morgan fingerprint density at radius 1 is 1.45 bits per heavy atom. The van der Waals surface area contributed by atoms with Crippen LogP contribution in [-0.2, 0) is 11.3 Å². The lowest BCUT2D eigenvalue weighted by Crippen LogP contribution is -2.37. The van der Waals surface area contributed by atoms with Crippen molar-refractivity contribution in [2.75, 3.05) is 13.7 Å². The average molecular weight is 278 g/mol. The Labute approximate surface area is 119 Å². The van der Waals surface area contributed by atoms with Crippen molar-refractivity contribution in [2.45, 2.75) is 45.2 Å². The lowest BCUT2D eigenvalue weighted by molar-refractivity contribution is -0.139. The smallest absolute Gasteiger partial charge is 0.317 e. The molecule has 5 nitrogen and oxygen atoms in total. The van der Waals surface area contributed by atoms with Gasteiger partial charge in [-0.1, -0.05) is 12.8 Å². The van der Waals surface area contributed by atoms with Gasteiger partial charge in [0.25, 0.3) is 0 Å². The Hall–Kier alpha value is -1.62. The maximum absolute atomic E-state index is 11.1. The van der Waals surface area contributed by atoms with E-state index in [-0.39, 0.29) is 6.54 Å². The molecule has 1 N–H and O–H groups in total. The van der Waals surface area contributed by atoms with Crippen LogP contribution in [0.3, 0.4) is 0 Å². The molecule has 0 saturated heterocycles. The average Bonchev–Trinajstić information content (AvgIpc) is 2.90. The van der Waals surface area contributed by atoms with E-state index in [1.54, 1.807) is 7.11 Å². The molecule has 110 valence electrons. The summed E-state index contributed by atoms with van der Waals surface area (Å²) in [4.78, 5) is 17.6. The lowest BCUT2D eigenvalue weighted by atomic mass is 10.2. The van der Waals surface area contributed by atoms with Gasteiger partial charge in [-0.2, -0.15) is 0 Å². The summed E-state index contributed by atoms with van der Waals surface area (Å²) in [5.41, 5.74) is 1.76. The summed E-state index contributed by atoms with van der Waals surface area (Å²) in [7, 11) is 1.63. The number of nitrogens with zero attached hydrogens (tertiary/aromatic N) is 2. The fraction of sp³-hybridized carbons (Fsp3) is 0.600. The van der Waals surface area contributed by atoms with Gasteiger partial charge in [0.05, 0.1) is 19.3 Å². The Balaban J connectivity index is 2.13. The topological polar surface area (TPSA) is 62.7 Å². The number of rotatable bonds is 6. The van der Waals surface area contributed by atoms with Crippen LogP contribution in [0.25, 0.3) is 0 Å². The van der Waals surface area contributed by atoms with Crippen LogP contribution < -0.4 is 4.74 Å². The van der Waals surface area contributed by atoms with E-state index in [1.807, 2.05) is 24.0 Å². The number of pyridine rings is 1. The summed E-state index contributed by atoms with van der Waals surface area (Å²) in [6.07, 6.45) is 4.53. The number of carbonyl (C=O) groups is 1. The van der Waals surface area contributed by atoms with Gasteiger partial charge in [0.2, 0.25) is 0 Å². The normalized spacial score (nSPS) is 15.8. The fourth-order valence-corrected chi connectivity index (χ4v) is 2.87. The first kappa shape index (κ1) is 14.8. The van der Waals surface area contributed by atoms with E-state index in [1.165, 1.54) is 12.8 Å². The van der Waals surface area contributed by atoms with Gasteiger partial charge in [0, 0.05) is 30.4 Å². The summed E-state index contributed by atoms with van der Waals surface area (Å²) >= 11 is 0. The van der Waals surface area contributed by atoms with Gasteiger partial charge in [-0.3, -0.25) is 14.7 Å². The number of carboxylic acid groups (broad SMARTS) is 1. The number of aromatic nitrogens is 1. The highest BCUT2D eigenvalue weighted by molar-refractivity contribution is 5.69. The van der Waals surface area contributed by atoms with Gasteiger partial charge in [-0.25, -0.2) is 0 Å². The van der Waals surface area contributed by atoms with Crippen molar-refractivity contribution in [1.82, 2.24) is 9.88 Å². The molecule has 1 aliphatic carbocycles. The van der Waals surface area contributed by atoms with Gasteiger partial charge in [0.1, 0.15) is 5.75 Å². The van der Waals surface area contributed by atoms with E-state index < -0.39 is 5.97 Å². The minimum atomic E-state index is -0.781. The Morgan fingerprint density at radius 3 is 2.75 bits per heavy atom. The highest BCUT2D eigenvalue weighted by Crippen LogP contribution is 2.25. The molecule has 1 aromatic heterocycles. The largest absolute Gasteiger partial charge is 0.497 e. The lowest BCUT2D eigenvalue weighted by Gasteiger charge is -2.26. The molecule has 1 fully saturated rings. The van der Waals surface area contributed by atoms with Crippen LogP contribution in [0.1, 0.15) is 37.1 Å². The predicted octanol–water partition coefficient (Wildman–Crippen LogP) is 2.23. The van der Waals surface area contributed by atoms with Crippen molar-refractivity contribution >= 4 is 5.97 Å². The maximum Gasteiger partial charge on any atom is 0.317 e. The number of methoxy groups -OCH3 is 1. The second-order valence-corrected chi connectivity index (χ2v) is 5.38. The molecular formula is C15H22N2O3. The number of aryl methyl sites for hydroxylation is 1. The van der Waals surface area contributed by atoms with Crippen LogP contribution in [0.4, 0.5) is 0 Å². The third-order valence-corrected chi connectivity index (χ3v) is 3.76. The highest BCUT2D eigenvalue weighted by Gasteiger charge is 2.24. The number of aliphatic carboxylic acids is 1. The third kappa shape index (κ3) is 3.93. The van der Waals surface area contributed by atoms with Gasteiger partial charge in [-0.15, -0.1) is 0 Å². The molecule has 5 heteroatoms. The van der Waals surface area contributed by atoms with E-state index in [2.05, 4.69) is 4.98 Å². The third-order valence-electron chi connectivity index (χ3n) is 3.76. The van der Waals surface area contributed by atoms with E-state index in [4.69, 9.17) is 9.84 Å². The molecule has 1 aromatic rings. The van der Waals surface area contributed by atoms with Crippen LogP contribution in [0, 0.1) is 6.92 Å². The molecule has 2 rings (SSSR count). The Morgan fingerprint density at radius 2 is 2.15 bits per heavy atom. The molecule has 0 bridgehead atoms. The molecule has 0 aromatic carbocycles. The molecule has 0 radical (unpaired) electrons. The quantitative estimate of drug-likeness (QED) is 0.864. The summed E-state index contributed by atoms with van der Waals surface area (Å²) < 4.78 is 5.25. The zero-order chi connectivity index (χ0) is 14.5. The second kappa shape index (κ2) is 6.70. The summed E-state index contributed by atoms with van der Waals surface area (Å²) in [6.45, 7) is 2.56. The number of hydrogen-bond donors (Lipinski definition) is 1. The first-order chi connectivity index (χ1) is 9.58. The summed E-state index contributed by atoms with van der Waals surface area (Å²) in [5, 5.41) is 9.09. The first-order valence-corrected chi connectivity index (χ1v) is 7.06. The molecule has 1 saturated carbocycles. The maximum atomic E-state index is 11.1. The Kier molecular flexibility index (Phi) is 4.95. The van der Waals surface area contributed by atoms with Crippen molar-refractivity contribution < 1.29 is 14.6 Å². The van der Waals surface area contributed by atoms with Crippen LogP contribution in [0.15, 0.2) is 12.1 Å². The number of carboxylic acids is 1. The van der Waals surface area contributed by atoms with Crippen LogP contribution in [-0.4, -0.2) is 40.7 Å². The molecular weight excluding hydrogens is 256 g/mol. The number of hydrogen-bond acceptors (Lipinski definition) is 4. The van der Waals surface area contributed by atoms with Crippen LogP contribution in [0.2, 0.25) is 0 Å². The monoisotopic (exact) mass is 278 g/mol. The van der Waals surface area contributed by atoms with Crippen molar-refractivity contribution in [3.05, 3.63) is 23.5 Å². The van der Waals surface area contributed by atoms with Gasteiger partial charge < -0.3 is 9.84 Å². The van der Waals surface area contributed by atoms with E-state index in [9.17, 15) is 4.79 Å². The fourth-order valence-electron chi connectivity index (χ4n) is 2.87. The summed E-state index contributed by atoms with van der Waals surface area (Å²) in [5.74, 6) is -0.00860. The minimum absolute atomic E-state index is 0.0720. The van der Waals surface area contributed by atoms with E-state index in [0.717, 1.165) is 30.0 Å². The SMILES string of the molecule is COc1cc(C)nc(CN(CC(=O)O)C2CCCC2)c1. The molecule has 1 heterocycles. The molecule has 0 spiro atoms. The minimum Gasteiger partial charge on any atom is -0.497 e. The van der Waals surface area contributed by atoms with Crippen molar-refractivity contribution in [2.24, 2.45) is 0 Å². The number of ether oxygens (including phenoxy) is 1. The van der Waals surface area contributed by atoms with Crippen molar-refractivity contribution in [1.29, 1.82) is 0 Å². The van der Waals surface area contributed by atoms with Crippen LogP contribution >= 0.6 is 0 Å². The molecule has 0 atom stereocenters. The van der Waals surface area contributed by atoms with Crippen LogP contribution in [0.5, 0.6) is 5.75 Å². The van der Waals surface area contributed by atoms with Gasteiger partial charge in [0.15, 0.2) is 0 Å². The summed E-state index contributed by atoms with van der Waals surface area (Å²) in [6, 6.07) is 4.12. The zero-order valence-electron chi connectivity index (χ0n) is 12.1. The van der Waals surface area contributed by atoms with E-state index >= 15 is 0 Å².